The first-order chi connectivity index (χ1) is 11.6. The van der Waals surface area contributed by atoms with Crippen LogP contribution in [-0.4, -0.2) is 26.4 Å². The van der Waals surface area contributed by atoms with Crippen molar-refractivity contribution < 1.29 is 23.7 Å². The van der Waals surface area contributed by atoms with Gasteiger partial charge in [-0.05, 0) is 36.4 Å². The molecule has 0 atom stereocenters. The largest absolute Gasteiger partial charge is 0.502 e. The van der Waals surface area contributed by atoms with E-state index < -0.39 is 11.2 Å². The number of hydrogen-bond acceptors (Lipinski definition) is 6. The molecule has 3 rings (SSSR count). The van der Waals surface area contributed by atoms with Crippen molar-refractivity contribution in [1.29, 1.82) is 0 Å². The van der Waals surface area contributed by atoms with E-state index in [1.54, 1.807) is 37.4 Å². The number of rotatable bonds is 4. The molecule has 0 aliphatic carbocycles. The highest BCUT2D eigenvalue weighted by molar-refractivity contribution is 5.88. The van der Waals surface area contributed by atoms with Crippen molar-refractivity contribution in [2.45, 2.75) is 0 Å². The molecule has 0 aliphatic rings. The maximum atomic E-state index is 12.5. The van der Waals surface area contributed by atoms with Gasteiger partial charge in [0, 0.05) is 5.56 Å². The maximum absolute atomic E-state index is 12.5. The van der Waals surface area contributed by atoms with Crippen LogP contribution in [0.3, 0.4) is 0 Å². The van der Waals surface area contributed by atoms with Crippen molar-refractivity contribution in [3.63, 3.8) is 0 Å². The van der Waals surface area contributed by atoms with E-state index in [2.05, 4.69) is 0 Å². The van der Waals surface area contributed by atoms with Crippen LogP contribution < -0.4 is 19.6 Å². The summed E-state index contributed by atoms with van der Waals surface area (Å²) in [5, 5.41) is 10.5. The van der Waals surface area contributed by atoms with Crippen LogP contribution in [0.4, 0.5) is 0 Å². The van der Waals surface area contributed by atoms with Crippen molar-refractivity contribution in [1.82, 2.24) is 0 Å². The second-order valence-corrected chi connectivity index (χ2v) is 5.02. The number of aromatic hydroxyl groups is 1. The molecule has 0 spiro atoms. The van der Waals surface area contributed by atoms with E-state index in [0.29, 0.717) is 22.8 Å². The van der Waals surface area contributed by atoms with Crippen molar-refractivity contribution in [2.75, 3.05) is 21.3 Å². The van der Waals surface area contributed by atoms with Gasteiger partial charge in [0.2, 0.25) is 16.9 Å². The third kappa shape index (κ3) is 2.42. The summed E-state index contributed by atoms with van der Waals surface area (Å²) in [6.45, 7) is 0. The first-order valence-corrected chi connectivity index (χ1v) is 7.16. The number of ether oxygens (including phenoxy) is 3. The molecule has 0 amide bonds. The average molecular weight is 328 g/mol. The molecule has 6 heteroatoms. The maximum Gasteiger partial charge on any atom is 0.235 e. The summed E-state index contributed by atoms with van der Waals surface area (Å²) in [5.74, 6) is 0.976. The van der Waals surface area contributed by atoms with Gasteiger partial charge in [0.15, 0.2) is 17.1 Å². The Hall–Kier alpha value is -3.15. The second kappa shape index (κ2) is 6.16. The van der Waals surface area contributed by atoms with E-state index in [1.165, 1.54) is 20.3 Å². The van der Waals surface area contributed by atoms with Gasteiger partial charge in [-0.15, -0.1) is 0 Å². The monoisotopic (exact) mass is 328 g/mol. The summed E-state index contributed by atoms with van der Waals surface area (Å²) < 4.78 is 21.4. The lowest BCUT2D eigenvalue weighted by molar-refractivity contribution is 0.352. The predicted octanol–water partition coefficient (Wildman–Crippen LogP) is 3.19. The summed E-state index contributed by atoms with van der Waals surface area (Å²) in [5.41, 5.74) is 0.214. The van der Waals surface area contributed by atoms with Crippen LogP contribution in [0.15, 0.2) is 45.6 Å². The lowest BCUT2D eigenvalue weighted by Crippen LogP contribution is -2.04. The van der Waals surface area contributed by atoms with Gasteiger partial charge in [0.05, 0.1) is 26.7 Å². The van der Waals surface area contributed by atoms with E-state index in [9.17, 15) is 9.90 Å². The lowest BCUT2D eigenvalue weighted by atomic mass is 10.1. The van der Waals surface area contributed by atoms with Gasteiger partial charge in [-0.3, -0.25) is 4.79 Å². The van der Waals surface area contributed by atoms with Gasteiger partial charge >= 0.3 is 0 Å². The molecule has 0 bridgehead atoms. The van der Waals surface area contributed by atoms with Crippen LogP contribution in [0.5, 0.6) is 23.0 Å². The summed E-state index contributed by atoms with van der Waals surface area (Å²) in [6, 6.07) is 9.92. The lowest BCUT2D eigenvalue weighted by Gasteiger charge is -2.12. The molecule has 1 aromatic heterocycles. The van der Waals surface area contributed by atoms with E-state index in [-0.39, 0.29) is 16.7 Å². The Morgan fingerprint density at radius 2 is 1.62 bits per heavy atom. The summed E-state index contributed by atoms with van der Waals surface area (Å²) in [7, 11) is 4.50. The fourth-order valence-corrected chi connectivity index (χ4v) is 2.50. The normalized spacial score (nSPS) is 10.6. The van der Waals surface area contributed by atoms with Crippen molar-refractivity contribution >= 4 is 11.0 Å². The number of methoxy groups -OCH3 is 3. The zero-order valence-electron chi connectivity index (χ0n) is 13.5. The Kier molecular flexibility index (Phi) is 4.04. The molecule has 0 unspecified atom stereocenters. The van der Waals surface area contributed by atoms with Crippen LogP contribution in [0.25, 0.3) is 22.3 Å². The Balaban J connectivity index is 2.32. The van der Waals surface area contributed by atoms with E-state index >= 15 is 0 Å². The Morgan fingerprint density at radius 1 is 0.917 bits per heavy atom. The molecule has 1 heterocycles. The van der Waals surface area contributed by atoms with Gasteiger partial charge in [0.1, 0.15) is 5.75 Å². The molecule has 24 heavy (non-hydrogen) atoms. The molecule has 0 aliphatic heterocycles. The number of hydrogen-bond donors (Lipinski definition) is 1. The fourth-order valence-electron chi connectivity index (χ4n) is 2.50. The van der Waals surface area contributed by atoms with Gasteiger partial charge in [-0.2, -0.15) is 0 Å². The van der Waals surface area contributed by atoms with Crippen LogP contribution >= 0.6 is 0 Å². The molecule has 0 saturated carbocycles. The third-order valence-corrected chi connectivity index (χ3v) is 3.73. The predicted molar refractivity (Wildman–Crippen MR) is 89.2 cm³/mol. The fraction of sp³-hybridized carbons (Fsp3) is 0.167. The average Bonchev–Trinajstić information content (AvgIpc) is 2.63. The molecule has 6 nitrogen and oxygen atoms in total. The highest BCUT2D eigenvalue weighted by Crippen LogP contribution is 2.38. The molecule has 124 valence electrons. The van der Waals surface area contributed by atoms with Gasteiger partial charge < -0.3 is 23.7 Å². The van der Waals surface area contributed by atoms with Gasteiger partial charge in [0.25, 0.3) is 0 Å². The molecule has 2 aromatic carbocycles. The molecular weight excluding hydrogens is 312 g/mol. The first-order valence-electron chi connectivity index (χ1n) is 7.16. The zero-order chi connectivity index (χ0) is 17.3. The molecule has 0 fully saturated rings. The van der Waals surface area contributed by atoms with Crippen LogP contribution in [0.2, 0.25) is 0 Å². The molecular formula is C18H16O6. The van der Waals surface area contributed by atoms with E-state index in [4.69, 9.17) is 18.6 Å². The Morgan fingerprint density at radius 3 is 2.21 bits per heavy atom. The van der Waals surface area contributed by atoms with E-state index in [1.807, 2.05) is 0 Å². The summed E-state index contributed by atoms with van der Waals surface area (Å²) >= 11 is 0. The van der Waals surface area contributed by atoms with Gasteiger partial charge in [-0.25, -0.2) is 0 Å². The van der Waals surface area contributed by atoms with Gasteiger partial charge in [-0.1, -0.05) is 0 Å². The summed E-state index contributed by atoms with van der Waals surface area (Å²) in [4.78, 5) is 12.5. The second-order valence-electron chi connectivity index (χ2n) is 5.02. The van der Waals surface area contributed by atoms with Crippen molar-refractivity contribution in [2.24, 2.45) is 0 Å². The third-order valence-electron chi connectivity index (χ3n) is 3.73. The van der Waals surface area contributed by atoms with Crippen molar-refractivity contribution in [3.05, 3.63) is 46.6 Å². The minimum Gasteiger partial charge on any atom is -0.502 e. The number of benzene rings is 2. The molecule has 0 saturated heterocycles. The highest BCUT2D eigenvalue weighted by atomic mass is 16.5. The molecule has 0 radical (unpaired) electrons. The standard InChI is InChI=1S/C18H16O6/c1-21-11-6-4-10(5-7-11)16-15(20)14(19)12-8-9-13(22-2)18(23-3)17(12)24-16/h4-9,20H,1-3H3. The molecule has 3 aromatic rings. The summed E-state index contributed by atoms with van der Waals surface area (Å²) in [6.07, 6.45) is 0. The topological polar surface area (TPSA) is 78.1 Å². The first kappa shape index (κ1) is 15.7. The quantitative estimate of drug-likeness (QED) is 0.792. The minimum absolute atomic E-state index is 0.0571. The molecule has 1 N–H and O–H groups in total. The minimum atomic E-state index is -0.539. The zero-order valence-corrected chi connectivity index (χ0v) is 13.5. The smallest absolute Gasteiger partial charge is 0.235 e. The van der Waals surface area contributed by atoms with Crippen LogP contribution in [0, 0.1) is 0 Å². The van der Waals surface area contributed by atoms with Crippen LogP contribution in [0.1, 0.15) is 0 Å². The number of fused-ring (bicyclic) bond motifs is 1. The SMILES string of the molecule is COc1ccc(-c2oc3c(OC)c(OC)ccc3c(=O)c2O)cc1. The van der Waals surface area contributed by atoms with E-state index in [0.717, 1.165) is 0 Å². The Bertz CT molecular complexity index is 940. The van der Waals surface area contributed by atoms with Crippen LogP contribution in [-0.2, 0) is 0 Å². The highest BCUT2D eigenvalue weighted by Gasteiger charge is 2.20. The van der Waals surface area contributed by atoms with Crippen molar-refractivity contribution in [3.8, 4) is 34.3 Å². The Labute approximate surface area is 137 Å².